The fourth-order valence-electron chi connectivity index (χ4n) is 1.56. The normalized spacial score (nSPS) is 12.4. The third-order valence-electron chi connectivity index (χ3n) is 2.26. The van der Waals surface area contributed by atoms with Gasteiger partial charge in [-0.1, -0.05) is 23.8 Å². The third-order valence-corrected chi connectivity index (χ3v) is 2.26. The number of rotatable bonds is 3. The lowest BCUT2D eigenvalue weighted by atomic mass is 9.98. The second-order valence-electron chi connectivity index (χ2n) is 3.59. The lowest BCUT2D eigenvalue weighted by Gasteiger charge is -2.14. The second kappa shape index (κ2) is 6.03. The van der Waals surface area contributed by atoms with Gasteiger partial charge in [-0.2, -0.15) is 0 Å². The van der Waals surface area contributed by atoms with Crippen LogP contribution >= 0.6 is 12.4 Å². The van der Waals surface area contributed by atoms with Crippen molar-refractivity contribution >= 4 is 12.4 Å². The molecule has 0 aromatic heterocycles. The predicted molar refractivity (Wildman–Crippen MR) is 60.7 cm³/mol. The van der Waals surface area contributed by atoms with Crippen LogP contribution in [-0.2, 0) is 0 Å². The standard InChI is InChI=1S/C11H15F2N.ClH/c1-7-3-4-9(8(2)5-7)10(14)6-11(12)13;/h3-5,10-11H,6,14H2,1-2H3;1H/t10-;/m1./s1. The number of hydrogen-bond acceptors (Lipinski definition) is 1. The molecule has 1 aromatic carbocycles. The number of aryl methyl sites for hydroxylation is 2. The number of alkyl halides is 2. The molecule has 0 fully saturated rings. The Morgan fingerprint density at radius 1 is 1.27 bits per heavy atom. The summed E-state index contributed by atoms with van der Waals surface area (Å²) in [4.78, 5) is 0. The average molecular weight is 236 g/mol. The quantitative estimate of drug-likeness (QED) is 0.854. The van der Waals surface area contributed by atoms with E-state index in [0.29, 0.717) is 0 Å². The number of hydrogen-bond donors (Lipinski definition) is 1. The van der Waals surface area contributed by atoms with Crippen LogP contribution in [0.25, 0.3) is 0 Å². The highest BCUT2D eigenvalue weighted by Gasteiger charge is 2.14. The molecule has 0 bridgehead atoms. The van der Waals surface area contributed by atoms with E-state index in [2.05, 4.69) is 0 Å². The van der Waals surface area contributed by atoms with E-state index in [1.807, 2.05) is 32.0 Å². The van der Waals surface area contributed by atoms with Crippen molar-refractivity contribution in [3.05, 3.63) is 34.9 Å². The van der Waals surface area contributed by atoms with Gasteiger partial charge in [0.2, 0.25) is 6.43 Å². The van der Waals surface area contributed by atoms with Crippen molar-refractivity contribution in [3.8, 4) is 0 Å². The van der Waals surface area contributed by atoms with Gasteiger partial charge in [-0.25, -0.2) is 8.78 Å². The molecule has 2 N–H and O–H groups in total. The Labute approximate surface area is 95.1 Å². The van der Waals surface area contributed by atoms with Crippen molar-refractivity contribution < 1.29 is 8.78 Å². The molecule has 1 nitrogen and oxygen atoms in total. The molecule has 0 spiro atoms. The fraction of sp³-hybridized carbons (Fsp3) is 0.455. The zero-order valence-corrected chi connectivity index (χ0v) is 9.65. The van der Waals surface area contributed by atoms with Crippen molar-refractivity contribution in [2.45, 2.75) is 32.7 Å². The van der Waals surface area contributed by atoms with Crippen molar-refractivity contribution in [3.63, 3.8) is 0 Å². The molecule has 86 valence electrons. The fourth-order valence-corrected chi connectivity index (χ4v) is 1.56. The lowest BCUT2D eigenvalue weighted by Crippen LogP contribution is -2.15. The summed E-state index contributed by atoms with van der Waals surface area (Å²) in [6.07, 6.45) is -2.62. The van der Waals surface area contributed by atoms with Crippen LogP contribution in [0.15, 0.2) is 18.2 Å². The van der Waals surface area contributed by atoms with E-state index in [1.54, 1.807) is 0 Å². The van der Waals surface area contributed by atoms with Gasteiger partial charge in [0.05, 0.1) is 0 Å². The van der Waals surface area contributed by atoms with Crippen LogP contribution in [0, 0.1) is 13.8 Å². The number of benzene rings is 1. The third kappa shape index (κ3) is 4.14. The van der Waals surface area contributed by atoms with Crippen LogP contribution in [-0.4, -0.2) is 6.43 Å². The minimum Gasteiger partial charge on any atom is -0.324 e. The van der Waals surface area contributed by atoms with Crippen LogP contribution in [0.2, 0.25) is 0 Å². The molecule has 0 saturated carbocycles. The van der Waals surface area contributed by atoms with Gasteiger partial charge in [-0.15, -0.1) is 12.4 Å². The van der Waals surface area contributed by atoms with Crippen molar-refractivity contribution in [2.24, 2.45) is 5.73 Å². The first-order valence-corrected chi connectivity index (χ1v) is 4.61. The Morgan fingerprint density at radius 3 is 2.33 bits per heavy atom. The molecular formula is C11H16ClF2N. The summed E-state index contributed by atoms with van der Waals surface area (Å²) < 4.78 is 24.2. The van der Waals surface area contributed by atoms with E-state index in [1.165, 1.54) is 0 Å². The maximum atomic E-state index is 12.1. The van der Waals surface area contributed by atoms with Crippen LogP contribution in [0.5, 0.6) is 0 Å². The largest absolute Gasteiger partial charge is 0.324 e. The molecule has 15 heavy (non-hydrogen) atoms. The van der Waals surface area contributed by atoms with E-state index >= 15 is 0 Å². The van der Waals surface area contributed by atoms with Gasteiger partial charge >= 0.3 is 0 Å². The van der Waals surface area contributed by atoms with Gasteiger partial charge in [-0.05, 0) is 25.0 Å². The van der Waals surface area contributed by atoms with E-state index in [-0.39, 0.29) is 18.8 Å². The molecule has 0 amide bonds. The van der Waals surface area contributed by atoms with E-state index in [4.69, 9.17) is 5.73 Å². The molecule has 0 heterocycles. The number of halogens is 3. The van der Waals surface area contributed by atoms with Gasteiger partial charge in [0, 0.05) is 12.5 Å². The van der Waals surface area contributed by atoms with Crippen molar-refractivity contribution in [2.75, 3.05) is 0 Å². The Morgan fingerprint density at radius 2 is 1.87 bits per heavy atom. The monoisotopic (exact) mass is 235 g/mol. The summed E-state index contributed by atoms with van der Waals surface area (Å²) in [5.41, 5.74) is 8.59. The Hall–Kier alpha value is -0.670. The summed E-state index contributed by atoms with van der Waals surface area (Å²) >= 11 is 0. The zero-order valence-electron chi connectivity index (χ0n) is 8.84. The first-order chi connectivity index (χ1) is 6.50. The minimum atomic E-state index is -2.34. The van der Waals surface area contributed by atoms with Crippen LogP contribution < -0.4 is 5.73 Å². The van der Waals surface area contributed by atoms with Crippen LogP contribution in [0.1, 0.15) is 29.2 Å². The minimum absolute atomic E-state index is 0. The van der Waals surface area contributed by atoms with Gasteiger partial charge in [-0.3, -0.25) is 0 Å². The van der Waals surface area contributed by atoms with Crippen LogP contribution in [0.4, 0.5) is 8.78 Å². The molecule has 0 aliphatic carbocycles. The molecular weight excluding hydrogens is 220 g/mol. The van der Waals surface area contributed by atoms with Gasteiger partial charge in [0.15, 0.2) is 0 Å². The maximum Gasteiger partial charge on any atom is 0.240 e. The van der Waals surface area contributed by atoms with E-state index < -0.39 is 12.5 Å². The predicted octanol–water partition coefficient (Wildman–Crippen LogP) is 3.38. The van der Waals surface area contributed by atoms with Crippen molar-refractivity contribution in [1.29, 1.82) is 0 Å². The summed E-state index contributed by atoms with van der Waals surface area (Å²) in [6, 6.07) is 5.13. The highest BCUT2D eigenvalue weighted by molar-refractivity contribution is 5.85. The summed E-state index contributed by atoms with van der Waals surface area (Å²) in [5.74, 6) is 0. The van der Waals surface area contributed by atoms with Gasteiger partial charge in [0.25, 0.3) is 0 Å². The lowest BCUT2D eigenvalue weighted by molar-refractivity contribution is 0.128. The zero-order chi connectivity index (χ0) is 10.7. The highest BCUT2D eigenvalue weighted by atomic mass is 35.5. The van der Waals surface area contributed by atoms with Crippen molar-refractivity contribution in [1.82, 2.24) is 0 Å². The Bertz CT molecular complexity index is 315. The van der Waals surface area contributed by atoms with Crippen LogP contribution in [0.3, 0.4) is 0 Å². The first-order valence-electron chi connectivity index (χ1n) is 4.61. The molecule has 0 saturated heterocycles. The summed E-state index contributed by atoms with van der Waals surface area (Å²) in [6.45, 7) is 3.86. The molecule has 0 radical (unpaired) electrons. The van der Waals surface area contributed by atoms with E-state index in [0.717, 1.165) is 16.7 Å². The molecule has 0 aliphatic heterocycles. The van der Waals surface area contributed by atoms with Gasteiger partial charge < -0.3 is 5.73 Å². The SMILES string of the molecule is Cc1ccc([C@H](N)CC(F)F)c(C)c1.Cl. The molecule has 1 atom stereocenters. The molecule has 1 aromatic rings. The Kier molecular flexibility index (Phi) is 5.76. The smallest absolute Gasteiger partial charge is 0.240 e. The average Bonchev–Trinajstić information content (AvgIpc) is 2.01. The van der Waals surface area contributed by atoms with E-state index in [9.17, 15) is 8.78 Å². The summed E-state index contributed by atoms with van der Waals surface area (Å²) in [7, 11) is 0. The topological polar surface area (TPSA) is 26.0 Å². The summed E-state index contributed by atoms with van der Waals surface area (Å²) in [5, 5.41) is 0. The highest BCUT2D eigenvalue weighted by Crippen LogP contribution is 2.22. The van der Waals surface area contributed by atoms with Gasteiger partial charge in [0.1, 0.15) is 0 Å². The first kappa shape index (κ1) is 14.3. The Balaban J connectivity index is 0.00000196. The number of nitrogens with two attached hydrogens (primary N) is 1. The second-order valence-corrected chi connectivity index (χ2v) is 3.59. The molecule has 1 rings (SSSR count). The maximum absolute atomic E-state index is 12.1. The molecule has 4 heteroatoms. The molecule has 0 unspecified atom stereocenters. The molecule has 0 aliphatic rings.